The Morgan fingerprint density at radius 3 is 2.00 bits per heavy atom. The molecule has 0 aromatic carbocycles. The summed E-state index contributed by atoms with van der Waals surface area (Å²) in [6, 6.07) is 0.273. The van der Waals surface area contributed by atoms with Crippen molar-refractivity contribution in [1.82, 2.24) is 4.90 Å². The third-order valence-corrected chi connectivity index (χ3v) is 2.67. The van der Waals surface area contributed by atoms with Crippen LogP contribution in [0.3, 0.4) is 0 Å². The van der Waals surface area contributed by atoms with Crippen molar-refractivity contribution in [2.24, 2.45) is 0 Å². The lowest BCUT2D eigenvalue weighted by molar-refractivity contribution is -0.130. The van der Waals surface area contributed by atoms with Crippen molar-refractivity contribution in [2.45, 2.75) is 58.7 Å². The lowest BCUT2D eigenvalue weighted by Gasteiger charge is -2.31. The number of halogens is 1. The lowest BCUT2D eigenvalue weighted by atomic mass is 9.93. The molecule has 0 unspecified atom stereocenters. The zero-order valence-electron chi connectivity index (χ0n) is 9.72. The second kappa shape index (κ2) is 6.80. The minimum Gasteiger partial charge on any atom is -0.343 e. The molecule has 1 aliphatic rings. The highest BCUT2D eigenvalue weighted by molar-refractivity contribution is 5.73. The molecule has 3 heteroatoms. The third kappa shape index (κ3) is 4.07. The van der Waals surface area contributed by atoms with Crippen LogP contribution in [0.15, 0.2) is 0 Å². The summed E-state index contributed by atoms with van der Waals surface area (Å²) >= 11 is 0. The highest BCUT2D eigenvalue weighted by Gasteiger charge is 2.24. The van der Waals surface area contributed by atoms with E-state index in [9.17, 15) is 9.18 Å². The molecule has 0 aromatic rings. The largest absolute Gasteiger partial charge is 0.343 e. The van der Waals surface area contributed by atoms with Crippen LogP contribution in [0.25, 0.3) is 0 Å². The van der Waals surface area contributed by atoms with Gasteiger partial charge < -0.3 is 4.90 Å². The number of nitrogens with zero attached hydrogens (tertiary/aromatic N) is 1. The number of amides is 1. The van der Waals surface area contributed by atoms with E-state index >= 15 is 0 Å². The first-order valence-corrected chi connectivity index (χ1v) is 5.48. The standard InChI is InChI=1S/C9H16FNO.C2H6/c1-7(12)11(2)9-5-3-8(10)4-6-9;1-2/h8-9H,3-6H2,1-2H3;1-2H3. The van der Waals surface area contributed by atoms with Crippen LogP contribution in [0.2, 0.25) is 0 Å². The zero-order chi connectivity index (χ0) is 11.1. The maximum atomic E-state index is 12.7. The monoisotopic (exact) mass is 203 g/mol. The molecule has 0 bridgehead atoms. The Bertz CT molecular complexity index is 165. The molecule has 0 aliphatic heterocycles. The maximum absolute atomic E-state index is 12.7. The van der Waals surface area contributed by atoms with Gasteiger partial charge in [0.25, 0.3) is 0 Å². The fourth-order valence-corrected chi connectivity index (χ4v) is 1.68. The van der Waals surface area contributed by atoms with E-state index < -0.39 is 6.17 Å². The summed E-state index contributed by atoms with van der Waals surface area (Å²) in [5.74, 6) is 0.0808. The quantitative estimate of drug-likeness (QED) is 0.641. The molecular formula is C11H22FNO. The SMILES string of the molecule is CC.CC(=O)N(C)C1CCC(F)CC1. The summed E-state index contributed by atoms with van der Waals surface area (Å²) in [5, 5.41) is 0. The van der Waals surface area contributed by atoms with Gasteiger partial charge in [-0.3, -0.25) is 4.79 Å². The Labute approximate surface area is 86.5 Å². The number of hydrogen-bond donors (Lipinski definition) is 0. The van der Waals surface area contributed by atoms with Gasteiger partial charge >= 0.3 is 0 Å². The third-order valence-electron chi connectivity index (χ3n) is 2.67. The van der Waals surface area contributed by atoms with E-state index in [1.54, 1.807) is 18.9 Å². The van der Waals surface area contributed by atoms with E-state index in [2.05, 4.69) is 0 Å². The van der Waals surface area contributed by atoms with Gasteiger partial charge in [0.1, 0.15) is 6.17 Å². The molecule has 0 atom stereocenters. The van der Waals surface area contributed by atoms with E-state index in [0.29, 0.717) is 12.8 Å². The Hall–Kier alpha value is -0.600. The summed E-state index contributed by atoms with van der Waals surface area (Å²) in [6.07, 6.45) is 2.22. The molecule has 14 heavy (non-hydrogen) atoms. The summed E-state index contributed by atoms with van der Waals surface area (Å²) in [5.41, 5.74) is 0. The molecule has 0 saturated heterocycles. The van der Waals surface area contributed by atoms with Crippen LogP contribution < -0.4 is 0 Å². The molecule has 1 saturated carbocycles. The number of alkyl halides is 1. The van der Waals surface area contributed by atoms with Crippen LogP contribution >= 0.6 is 0 Å². The van der Waals surface area contributed by atoms with Crippen molar-refractivity contribution < 1.29 is 9.18 Å². The van der Waals surface area contributed by atoms with Gasteiger partial charge in [-0.15, -0.1) is 0 Å². The normalized spacial score (nSPS) is 26.1. The van der Waals surface area contributed by atoms with Gasteiger partial charge in [-0.2, -0.15) is 0 Å². The van der Waals surface area contributed by atoms with Crippen molar-refractivity contribution in [3.8, 4) is 0 Å². The van der Waals surface area contributed by atoms with Crippen molar-refractivity contribution >= 4 is 5.91 Å². The van der Waals surface area contributed by atoms with Crippen molar-refractivity contribution in [3.05, 3.63) is 0 Å². The lowest BCUT2D eigenvalue weighted by Crippen LogP contribution is -2.38. The first-order chi connectivity index (χ1) is 6.61. The van der Waals surface area contributed by atoms with E-state index in [1.807, 2.05) is 13.8 Å². The van der Waals surface area contributed by atoms with Crippen molar-refractivity contribution in [1.29, 1.82) is 0 Å². The second-order valence-electron chi connectivity index (χ2n) is 3.54. The number of rotatable bonds is 1. The van der Waals surface area contributed by atoms with Gasteiger partial charge in [-0.25, -0.2) is 4.39 Å². The van der Waals surface area contributed by atoms with Crippen LogP contribution in [-0.2, 0) is 4.79 Å². The van der Waals surface area contributed by atoms with Crippen molar-refractivity contribution in [2.75, 3.05) is 7.05 Å². The molecule has 1 aliphatic carbocycles. The number of carbonyl (C=O) groups excluding carboxylic acids is 1. The Balaban J connectivity index is 0.000000791. The predicted molar refractivity (Wildman–Crippen MR) is 56.9 cm³/mol. The molecule has 0 heterocycles. The molecule has 0 aromatic heterocycles. The molecule has 84 valence electrons. The van der Waals surface area contributed by atoms with Gasteiger partial charge in [0.05, 0.1) is 0 Å². The molecular weight excluding hydrogens is 181 g/mol. The Morgan fingerprint density at radius 2 is 1.64 bits per heavy atom. The second-order valence-corrected chi connectivity index (χ2v) is 3.54. The van der Waals surface area contributed by atoms with Gasteiger partial charge in [0, 0.05) is 20.0 Å². The van der Waals surface area contributed by atoms with Crippen LogP contribution in [0, 0.1) is 0 Å². The summed E-state index contributed by atoms with van der Waals surface area (Å²) in [7, 11) is 1.80. The molecule has 1 amide bonds. The van der Waals surface area contributed by atoms with Crippen LogP contribution in [-0.4, -0.2) is 30.1 Å². The first kappa shape index (κ1) is 13.4. The number of carbonyl (C=O) groups is 1. The minimum absolute atomic E-state index is 0.0808. The van der Waals surface area contributed by atoms with E-state index in [4.69, 9.17) is 0 Å². The van der Waals surface area contributed by atoms with Gasteiger partial charge in [-0.1, -0.05) is 13.8 Å². The van der Waals surface area contributed by atoms with Gasteiger partial charge in [0.2, 0.25) is 5.91 Å². The average molecular weight is 203 g/mol. The summed E-state index contributed by atoms with van der Waals surface area (Å²) in [4.78, 5) is 12.7. The highest BCUT2D eigenvalue weighted by atomic mass is 19.1. The van der Waals surface area contributed by atoms with Gasteiger partial charge in [0.15, 0.2) is 0 Å². The van der Waals surface area contributed by atoms with Crippen LogP contribution in [0.5, 0.6) is 0 Å². The first-order valence-electron chi connectivity index (χ1n) is 5.48. The molecule has 2 nitrogen and oxygen atoms in total. The number of hydrogen-bond acceptors (Lipinski definition) is 1. The Morgan fingerprint density at radius 1 is 1.21 bits per heavy atom. The van der Waals surface area contributed by atoms with E-state index in [0.717, 1.165) is 12.8 Å². The topological polar surface area (TPSA) is 20.3 Å². The molecule has 0 N–H and O–H groups in total. The molecule has 1 rings (SSSR count). The maximum Gasteiger partial charge on any atom is 0.219 e. The van der Waals surface area contributed by atoms with E-state index in [1.165, 1.54) is 0 Å². The molecule has 0 radical (unpaired) electrons. The molecule has 1 fully saturated rings. The van der Waals surface area contributed by atoms with E-state index in [-0.39, 0.29) is 11.9 Å². The fraction of sp³-hybridized carbons (Fsp3) is 0.909. The van der Waals surface area contributed by atoms with Crippen molar-refractivity contribution in [3.63, 3.8) is 0 Å². The summed E-state index contributed by atoms with van der Waals surface area (Å²) in [6.45, 7) is 5.56. The molecule has 0 spiro atoms. The van der Waals surface area contributed by atoms with Crippen LogP contribution in [0.1, 0.15) is 46.5 Å². The fourth-order valence-electron chi connectivity index (χ4n) is 1.68. The summed E-state index contributed by atoms with van der Waals surface area (Å²) < 4.78 is 12.7. The predicted octanol–water partition coefficient (Wildman–Crippen LogP) is 2.77. The zero-order valence-corrected chi connectivity index (χ0v) is 9.72. The average Bonchev–Trinajstić information content (AvgIpc) is 2.21. The van der Waals surface area contributed by atoms with Gasteiger partial charge in [-0.05, 0) is 25.7 Å². The van der Waals surface area contributed by atoms with Crippen LogP contribution in [0.4, 0.5) is 4.39 Å². The highest BCUT2D eigenvalue weighted by Crippen LogP contribution is 2.24. The Kier molecular flexibility index (Phi) is 6.50. The smallest absolute Gasteiger partial charge is 0.219 e. The minimum atomic E-state index is -0.637.